The minimum atomic E-state index is -0.333. The van der Waals surface area contributed by atoms with E-state index in [-0.39, 0.29) is 12.3 Å². The predicted molar refractivity (Wildman–Crippen MR) is 75.4 cm³/mol. The maximum Gasteiger partial charge on any atom is 0.221 e. The third-order valence-corrected chi connectivity index (χ3v) is 3.54. The summed E-state index contributed by atoms with van der Waals surface area (Å²) < 4.78 is 0. The minimum absolute atomic E-state index is 0.239. The summed E-state index contributed by atoms with van der Waals surface area (Å²) in [6, 6.07) is 9.53. The van der Waals surface area contributed by atoms with Gasteiger partial charge in [0, 0.05) is 16.3 Å². The molecule has 0 radical (unpaired) electrons. The van der Waals surface area contributed by atoms with Crippen molar-refractivity contribution in [3.63, 3.8) is 0 Å². The van der Waals surface area contributed by atoms with Crippen molar-refractivity contribution >= 4 is 28.6 Å². The number of anilines is 2. The number of nitrogens with two attached hydrogens (primary N) is 2. The van der Waals surface area contributed by atoms with Gasteiger partial charge in [0.1, 0.15) is 0 Å². The van der Waals surface area contributed by atoms with Crippen molar-refractivity contribution in [1.29, 1.82) is 0 Å². The SMILES string of the molecule is NC(=O)Cc1ccccc1NCc1sccc1N. The summed E-state index contributed by atoms with van der Waals surface area (Å²) in [6.45, 7) is 0.652. The van der Waals surface area contributed by atoms with Crippen LogP contribution in [0.1, 0.15) is 10.4 Å². The number of carbonyl (C=O) groups excluding carboxylic acids is 1. The normalized spacial score (nSPS) is 10.2. The summed E-state index contributed by atoms with van der Waals surface area (Å²) in [5.74, 6) is -0.333. The van der Waals surface area contributed by atoms with Crippen LogP contribution in [0.3, 0.4) is 0 Å². The standard InChI is InChI=1S/C13H15N3OS/c14-10-5-6-18-12(10)8-16-11-4-2-1-3-9(11)7-13(15)17/h1-6,16H,7-8,14H2,(H2,15,17). The number of amides is 1. The van der Waals surface area contributed by atoms with E-state index in [2.05, 4.69) is 5.32 Å². The van der Waals surface area contributed by atoms with Gasteiger partial charge in [-0.1, -0.05) is 18.2 Å². The Bertz CT molecular complexity index is 551. The van der Waals surface area contributed by atoms with E-state index in [4.69, 9.17) is 11.5 Å². The van der Waals surface area contributed by atoms with E-state index in [1.54, 1.807) is 11.3 Å². The van der Waals surface area contributed by atoms with Crippen LogP contribution in [-0.4, -0.2) is 5.91 Å². The second-order valence-corrected chi connectivity index (χ2v) is 4.95. The number of thiophene rings is 1. The van der Waals surface area contributed by atoms with Gasteiger partial charge in [-0.25, -0.2) is 0 Å². The molecule has 0 spiro atoms. The van der Waals surface area contributed by atoms with Crippen LogP contribution in [0.25, 0.3) is 0 Å². The first-order valence-corrected chi connectivity index (χ1v) is 6.46. The topological polar surface area (TPSA) is 81.1 Å². The highest BCUT2D eigenvalue weighted by Gasteiger charge is 2.06. The fourth-order valence-electron chi connectivity index (χ4n) is 1.70. The quantitative estimate of drug-likeness (QED) is 0.769. The number of hydrogen-bond acceptors (Lipinski definition) is 4. The zero-order chi connectivity index (χ0) is 13.0. The number of nitrogen functional groups attached to an aromatic ring is 1. The van der Waals surface area contributed by atoms with Crippen LogP contribution in [0.5, 0.6) is 0 Å². The molecule has 1 heterocycles. The van der Waals surface area contributed by atoms with E-state index >= 15 is 0 Å². The van der Waals surface area contributed by atoms with E-state index in [1.807, 2.05) is 35.7 Å². The summed E-state index contributed by atoms with van der Waals surface area (Å²) in [5, 5.41) is 5.24. The second kappa shape index (κ2) is 5.55. The molecule has 0 aliphatic heterocycles. The Hall–Kier alpha value is -2.01. The molecule has 18 heavy (non-hydrogen) atoms. The molecule has 0 fully saturated rings. The minimum Gasteiger partial charge on any atom is -0.398 e. The fourth-order valence-corrected chi connectivity index (χ4v) is 2.44. The number of para-hydroxylation sites is 1. The smallest absolute Gasteiger partial charge is 0.221 e. The van der Waals surface area contributed by atoms with Crippen molar-refractivity contribution in [3.05, 3.63) is 46.2 Å². The maximum absolute atomic E-state index is 11.0. The van der Waals surface area contributed by atoms with Gasteiger partial charge in [-0.15, -0.1) is 11.3 Å². The van der Waals surface area contributed by atoms with Crippen LogP contribution in [0, 0.1) is 0 Å². The summed E-state index contributed by atoms with van der Waals surface area (Å²) in [6.07, 6.45) is 0.239. The van der Waals surface area contributed by atoms with Crippen LogP contribution in [0.2, 0.25) is 0 Å². The Morgan fingerprint density at radius 3 is 2.72 bits per heavy atom. The first-order chi connectivity index (χ1) is 8.66. The molecule has 1 amide bonds. The van der Waals surface area contributed by atoms with Crippen molar-refractivity contribution in [3.8, 4) is 0 Å². The van der Waals surface area contributed by atoms with Crippen molar-refractivity contribution in [2.24, 2.45) is 5.73 Å². The lowest BCUT2D eigenvalue weighted by Gasteiger charge is -2.10. The molecule has 0 unspecified atom stereocenters. The van der Waals surface area contributed by atoms with E-state index in [1.165, 1.54) is 0 Å². The fraction of sp³-hybridized carbons (Fsp3) is 0.154. The lowest BCUT2D eigenvalue weighted by atomic mass is 10.1. The zero-order valence-electron chi connectivity index (χ0n) is 9.85. The molecule has 94 valence electrons. The van der Waals surface area contributed by atoms with E-state index in [9.17, 15) is 4.79 Å². The number of primary amides is 1. The van der Waals surface area contributed by atoms with Crippen LogP contribution in [0.4, 0.5) is 11.4 Å². The number of nitrogens with one attached hydrogen (secondary N) is 1. The highest BCUT2D eigenvalue weighted by atomic mass is 32.1. The van der Waals surface area contributed by atoms with Crippen LogP contribution in [-0.2, 0) is 17.8 Å². The van der Waals surface area contributed by atoms with Gasteiger partial charge < -0.3 is 16.8 Å². The summed E-state index contributed by atoms with van der Waals surface area (Å²) >= 11 is 1.61. The van der Waals surface area contributed by atoms with Crippen LogP contribution >= 0.6 is 11.3 Å². The van der Waals surface area contributed by atoms with Crippen molar-refractivity contribution in [2.75, 3.05) is 11.1 Å². The third-order valence-electron chi connectivity index (χ3n) is 2.60. The van der Waals surface area contributed by atoms with Crippen LogP contribution < -0.4 is 16.8 Å². The molecule has 2 rings (SSSR count). The summed E-state index contributed by atoms with van der Waals surface area (Å²) in [4.78, 5) is 12.1. The molecule has 0 aliphatic carbocycles. The highest BCUT2D eigenvalue weighted by Crippen LogP contribution is 2.22. The summed E-state index contributed by atoms with van der Waals surface area (Å²) in [7, 11) is 0. The number of hydrogen-bond donors (Lipinski definition) is 3. The van der Waals surface area contributed by atoms with Crippen LogP contribution in [0.15, 0.2) is 35.7 Å². The van der Waals surface area contributed by atoms with E-state index in [0.717, 1.165) is 21.8 Å². The first kappa shape index (κ1) is 12.4. The molecule has 1 aromatic heterocycles. The van der Waals surface area contributed by atoms with Gasteiger partial charge in [0.05, 0.1) is 13.0 Å². The average Bonchev–Trinajstić information content (AvgIpc) is 2.73. The molecular weight excluding hydrogens is 246 g/mol. The lowest BCUT2D eigenvalue weighted by Crippen LogP contribution is -2.15. The monoisotopic (exact) mass is 261 g/mol. The second-order valence-electron chi connectivity index (χ2n) is 3.95. The Balaban J connectivity index is 2.09. The predicted octanol–water partition coefficient (Wildman–Crippen LogP) is 1.97. The summed E-state index contributed by atoms with van der Waals surface area (Å²) in [5.41, 5.74) is 13.7. The molecule has 5 N–H and O–H groups in total. The largest absolute Gasteiger partial charge is 0.398 e. The first-order valence-electron chi connectivity index (χ1n) is 5.58. The number of carbonyl (C=O) groups is 1. The molecule has 0 aliphatic rings. The Morgan fingerprint density at radius 1 is 1.28 bits per heavy atom. The van der Waals surface area contributed by atoms with Gasteiger partial charge in [-0.2, -0.15) is 0 Å². The van der Waals surface area contributed by atoms with Gasteiger partial charge in [-0.05, 0) is 23.1 Å². The Labute approximate surface area is 110 Å². The van der Waals surface area contributed by atoms with Crippen molar-refractivity contribution in [2.45, 2.75) is 13.0 Å². The molecule has 0 bridgehead atoms. The third kappa shape index (κ3) is 3.01. The highest BCUT2D eigenvalue weighted by molar-refractivity contribution is 7.10. The van der Waals surface area contributed by atoms with E-state index < -0.39 is 0 Å². The number of rotatable bonds is 5. The molecule has 1 aromatic carbocycles. The molecule has 0 saturated carbocycles. The van der Waals surface area contributed by atoms with Gasteiger partial charge in [-0.3, -0.25) is 4.79 Å². The Kier molecular flexibility index (Phi) is 3.84. The van der Waals surface area contributed by atoms with Gasteiger partial charge in [0.15, 0.2) is 0 Å². The zero-order valence-corrected chi connectivity index (χ0v) is 10.7. The molecule has 4 nitrogen and oxygen atoms in total. The average molecular weight is 261 g/mol. The molecular formula is C13H15N3OS. The van der Waals surface area contributed by atoms with E-state index in [0.29, 0.717) is 6.54 Å². The van der Waals surface area contributed by atoms with Crippen molar-refractivity contribution < 1.29 is 4.79 Å². The molecule has 2 aromatic rings. The van der Waals surface area contributed by atoms with Crippen molar-refractivity contribution in [1.82, 2.24) is 0 Å². The lowest BCUT2D eigenvalue weighted by molar-refractivity contribution is -0.117. The maximum atomic E-state index is 11.0. The number of benzene rings is 1. The Morgan fingerprint density at radius 2 is 2.06 bits per heavy atom. The van der Waals surface area contributed by atoms with Gasteiger partial charge >= 0.3 is 0 Å². The van der Waals surface area contributed by atoms with Gasteiger partial charge in [0.2, 0.25) is 5.91 Å². The van der Waals surface area contributed by atoms with Gasteiger partial charge in [0.25, 0.3) is 0 Å². The molecule has 5 heteroatoms. The molecule has 0 atom stereocenters. The molecule has 0 saturated heterocycles.